The van der Waals surface area contributed by atoms with E-state index >= 15 is 0 Å². The molecule has 0 saturated carbocycles. The molecular formula is C55H81N17O12. The van der Waals surface area contributed by atoms with Crippen molar-refractivity contribution in [2.24, 2.45) is 23.1 Å². The number of carbonyl (C=O) groups is 9. The van der Waals surface area contributed by atoms with Crippen LogP contribution in [-0.2, 0) is 62.4 Å². The molecule has 29 nitrogen and oxygen atoms in total. The summed E-state index contributed by atoms with van der Waals surface area (Å²) in [6.45, 7) is 2.49. The van der Waals surface area contributed by atoms with Crippen molar-refractivity contribution in [1.82, 2.24) is 67.7 Å². The summed E-state index contributed by atoms with van der Waals surface area (Å²) in [7, 11) is 0. The van der Waals surface area contributed by atoms with Crippen molar-refractivity contribution in [3.05, 3.63) is 84.1 Å². The van der Waals surface area contributed by atoms with E-state index in [-0.39, 0.29) is 88.8 Å². The van der Waals surface area contributed by atoms with Gasteiger partial charge in [-0.3, -0.25) is 53.9 Å². The number of benzene rings is 2. The Morgan fingerprint density at radius 2 is 1.33 bits per heavy atom. The Morgan fingerprint density at radius 3 is 2.00 bits per heavy atom. The molecule has 29 heteroatoms. The van der Waals surface area contributed by atoms with Crippen LogP contribution in [0.3, 0.4) is 0 Å². The molecule has 0 radical (unpaired) electrons. The summed E-state index contributed by atoms with van der Waals surface area (Å²) >= 11 is 0. The SMILES string of the molecule is CC(C)C[C@H](NC(=O)[C@@H](CCCCNCO)NC(=O)[C@H](Cc1ccc(O)cc1)NC(=O)[C@H](CO)NC(=O)[C@H](Cc1c[nH]c2ccccc12)NC(=O)[C@@H](N)Cc1c[nH]cn1)C(=O)N[C@@H](CCCNC(=N)N)C(=O)N1CCC[C@H]1C(=O)NCC(N)=O. The number of amides is 9. The van der Waals surface area contributed by atoms with E-state index in [0.29, 0.717) is 42.6 Å². The molecule has 4 aromatic rings. The number of aromatic amines is 2. The van der Waals surface area contributed by atoms with Gasteiger partial charge in [-0.1, -0.05) is 44.2 Å². The zero-order valence-electron chi connectivity index (χ0n) is 47.2. The van der Waals surface area contributed by atoms with Crippen LogP contribution in [0.4, 0.5) is 0 Å². The predicted molar refractivity (Wildman–Crippen MR) is 307 cm³/mol. The first-order chi connectivity index (χ1) is 40.2. The van der Waals surface area contributed by atoms with Crippen LogP contribution in [0.5, 0.6) is 5.75 Å². The van der Waals surface area contributed by atoms with Gasteiger partial charge in [0.25, 0.3) is 0 Å². The zero-order valence-corrected chi connectivity index (χ0v) is 47.2. The average molecular weight is 1170 g/mol. The Morgan fingerprint density at radius 1 is 0.714 bits per heavy atom. The standard InChI is InChI=1S/C55H81N17O12/c1-31(2)21-41(49(79)67-40(12-7-19-62-55(58)59)54(84)72-20-8-13-45(72)53(83)64-27-46(57)76)69-48(78)39(11-5-6-18-60-30-74)66-50(80)42(22-32-14-16-35(75)17-15-32)70-52(82)44(28-73)71-51(81)43(23-33-25-63-38-10-4-3-9-36(33)38)68-47(77)37(56)24-34-26-61-29-65-34/h3-4,9-10,14-17,25-26,29,31,37,39-45,60,63,73-75H,5-8,11-13,18-24,27-28,30,56H2,1-2H3,(H2,57,76)(H,61,65)(H,64,83)(H,66,80)(H,67,79)(H,68,77)(H,69,78)(H,70,82)(H,71,81)(H4,58,59,62)/t37-,39+,40-,41-,42-,43-,44-,45-/m0/s1. The molecule has 3 heterocycles. The maximum absolute atomic E-state index is 14.7. The van der Waals surface area contributed by atoms with Gasteiger partial charge < -0.3 is 89.9 Å². The topological polar surface area (TPSA) is 472 Å². The molecule has 5 rings (SSSR count). The largest absolute Gasteiger partial charge is 0.508 e. The third-order valence-electron chi connectivity index (χ3n) is 13.9. The zero-order chi connectivity index (χ0) is 61.3. The number of fused-ring (bicyclic) bond motifs is 1. The predicted octanol–water partition coefficient (Wildman–Crippen LogP) is -3.54. The van der Waals surface area contributed by atoms with Crippen LogP contribution in [0.1, 0.15) is 82.0 Å². The van der Waals surface area contributed by atoms with Crippen LogP contribution in [0.25, 0.3) is 10.9 Å². The van der Waals surface area contributed by atoms with Gasteiger partial charge >= 0.3 is 0 Å². The van der Waals surface area contributed by atoms with Crippen molar-refractivity contribution >= 4 is 70.0 Å². The lowest BCUT2D eigenvalue weighted by Crippen LogP contribution is -2.61. The number of primary amides is 1. The van der Waals surface area contributed by atoms with Gasteiger partial charge in [-0.25, -0.2) is 4.98 Å². The number of guanidine groups is 1. The number of unbranched alkanes of at least 4 members (excludes halogenated alkanes) is 1. The lowest BCUT2D eigenvalue weighted by atomic mass is 10.00. The molecule has 9 amide bonds. The van der Waals surface area contributed by atoms with Crippen LogP contribution in [0.15, 0.2) is 67.3 Å². The molecule has 0 spiro atoms. The van der Waals surface area contributed by atoms with Crippen molar-refractivity contribution in [3.63, 3.8) is 0 Å². The number of imidazole rings is 1. The van der Waals surface area contributed by atoms with E-state index in [2.05, 4.69) is 62.8 Å². The number of hydrogen-bond acceptors (Lipinski definition) is 16. The number of phenols is 1. The van der Waals surface area contributed by atoms with Gasteiger partial charge in [-0.2, -0.15) is 0 Å². The summed E-state index contributed by atoms with van der Waals surface area (Å²) in [6, 6.07) is 2.36. The summed E-state index contributed by atoms with van der Waals surface area (Å²) < 4.78 is 0. The van der Waals surface area contributed by atoms with Gasteiger partial charge in [-0.05, 0) is 93.2 Å². The van der Waals surface area contributed by atoms with E-state index in [1.54, 1.807) is 32.3 Å². The van der Waals surface area contributed by atoms with Gasteiger partial charge in [0.15, 0.2) is 5.96 Å². The highest BCUT2D eigenvalue weighted by atomic mass is 16.3. The summed E-state index contributed by atoms with van der Waals surface area (Å²) in [5.41, 5.74) is 19.3. The van der Waals surface area contributed by atoms with Crippen LogP contribution in [0, 0.1) is 11.3 Å². The van der Waals surface area contributed by atoms with Gasteiger partial charge in [-0.15, -0.1) is 0 Å². The molecule has 0 unspecified atom stereocenters. The number of aliphatic hydroxyl groups excluding tert-OH is 2. The third-order valence-corrected chi connectivity index (χ3v) is 13.9. The molecule has 1 fully saturated rings. The van der Waals surface area contributed by atoms with Crippen molar-refractivity contribution < 1.29 is 58.5 Å². The number of para-hydroxylation sites is 1. The Hall–Kier alpha value is -8.67. The number of rotatable bonds is 35. The number of nitrogens with two attached hydrogens (primary N) is 3. The minimum absolute atomic E-state index is 0.0128. The molecule has 0 aliphatic carbocycles. The summed E-state index contributed by atoms with van der Waals surface area (Å²) in [5.74, 6) is -7.75. The number of aromatic nitrogens is 3. The first kappa shape index (κ1) is 66.1. The lowest BCUT2D eigenvalue weighted by Gasteiger charge is -2.30. The highest BCUT2D eigenvalue weighted by molar-refractivity contribution is 5.98. The van der Waals surface area contributed by atoms with E-state index in [0.717, 1.165) is 10.9 Å². The fourth-order valence-electron chi connectivity index (χ4n) is 9.59. The molecular weight excluding hydrogens is 1090 g/mol. The van der Waals surface area contributed by atoms with Crippen LogP contribution in [-0.4, -0.2) is 182 Å². The molecule has 2 aromatic carbocycles. The number of carbonyl (C=O) groups excluding carboxylic acids is 9. The van der Waals surface area contributed by atoms with Gasteiger partial charge in [0.05, 0.1) is 37.9 Å². The minimum atomic E-state index is -1.71. The molecule has 458 valence electrons. The quantitative estimate of drug-likeness (QED) is 0.00918. The van der Waals surface area contributed by atoms with Crippen LogP contribution >= 0.6 is 0 Å². The molecule has 0 bridgehead atoms. The summed E-state index contributed by atoms with van der Waals surface area (Å²) in [5, 5.41) is 62.3. The van der Waals surface area contributed by atoms with Gasteiger partial charge in [0.2, 0.25) is 53.2 Å². The second kappa shape index (κ2) is 33.4. The number of nitrogens with zero attached hydrogens (tertiary/aromatic N) is 2. The summed E-state index contributed by atoms with van der Waals surface area (Å²) in [6.07, 6.45) is 6.05. The fourth-order valence-corrected chi connectivity index (χ4v) is 9.59. The van der Waals surface area contributed by atoms with Crippen LogP contribution < -0.4 is 65.1 Å². The maximum atomic E-state index is 14.7. The number of hydrogen-bond donors (Lipinski definition) is 18. The number of H-pyrrole nitrogens is 2. The smallest absolute Gasteiger partial charge is 0.245 e. The van der Waals surface area contributed by atoms with Crippen molar-refractivity contribution in [2.45, 2.75) is 133 Å². The second-order valence-electron chi connectivity index (χ2n) is 21.0. The first-order valence-corrected chi connectivity index (χ1v) is 27.9. The monoisotopic (exact) mass is 1170 g/mol. The molecule has 8 atom stereocenters. The van der Waals surface area contributed by atoms with Gasteiger partial charge in [0.1, 0.15) is 48.0 Å². The van der Waals surface area contributed by atoms with E-state index in [1.807, 2.05) is 18.2 Å². The number of aliphatic hydroxyl groups is 2. The Bertz CT molecular complexity index is 2850. The molecule has 2 aromatic heterocycles. The Balaban J connectivity index is 1.38. The highest BCUT2D eigenvalue weighted by Gasteiger charge is 2.39. The number of aromatic hydroxyl groups is 1. The number of likely N-dealkylation sites (tertiary alicyclic amines) is 1. The van der Waals surface area contributed by atoms with Crippen molar-refractivity contribution in [1.29, 1.82) is 5.41 Å². The first-order valence-electron chi connectivity index (χ1n) is 27.9. The van der Waals surface area contributed by atoms with Crippen molar-refractivity contribution in [3.8, 4) is 5.75 Å². The highest BCUT2D eigenvalue weighted by Crippen LogP contribution is 2.22. The van der Waals surface area contributed by atoms with E-state index in [4.69, 9.17) is 22.6 Å². The Kier molecular flexibility index (Phi) is 26.3. The number of phenolic OH excluding ortho intramolecular Hbond substituents is 1. The average Bonchev–Trinajstić information content (AvgIpc) is 4.22. The molecule has 84 heavy (non-hydrogen) atoms. The summed E-state index contributed by atoms with van der Waals surface area (Å²) in [4.78, 5) is 136. The van der Waals surface area contributed by atoms with E-state index in [9.17, 15) is 58.5 Å². The van der Waals surface area contributed by atoms with E-state index in [1.165, 1.54) is 35.5 Å². The molecule has 21 N–H and O–H groups in total. The molecule has 1 aliphatic heterocycles. The Labute approximate surface area is 485 Å². The van der Waals surface area contributed by atoms with E-state index < -0.39 is 115 Å². The normalized spacial score (nSPS) is 15.5. The minimum Gasteiger partial charge on any atom is -0.508 e. The molecule has 1 saturated heterocycles. The lowest BCUT2D eigenvalue weighted by molar-refractivity contribution is -0.142. The second-order valence-corrected chi connectivity index (χ2v) is 21.0. The maximum Gasteiger partial charge on any atom is 0.245 e. The third kappa shape index (κ3) is 20.9. The fraction of sp³-hybridized carbons (Fsp3) is 0.509. The number of nitrogens with one attached hydrogen (secondary N) is 12. The molecule has 1 aliphatic rings. The van der Waals surface area contributed by atoms with Crippen LogP contribution in [0.2, 0.25) is 0 Å². The van der Waals surface area contributed by atoms with Gasteiger partial charge in [0, 0.05) is 55.6 Å². The van der Waals surface area contributed by atoms with Crippen molar-refractivity contribution in [2.75, 3.05) is 39.5 Å².